The molecule has 0 spiro atoms. The van der Waals surface area contributed by atoms with E-state index in [-0.39, 0.29) is 0 Å². The first-order valence-corrected chi connectivity index (χ1v) is 22.7. The molecule has 1 aliphatic rings. The summed E-state index contributed by atoms with van der Waals surface area (Å²) in [7, 11) is 0. The Labute approximate surface area is 375 Å². The number of hydrogen-bond acceptors (Lipinski definition) is 3. The van der Waals surface area contributed by atoms with Crippen LogP contribution >= 0.6 is 11.3 Å². The molecule has 0 saturated heterocycles. The zero-order valence-electron chi connectivity index (χ0n) is 34.8. The molecule has 2 nitrogen and oxygen atoms in total. The first-order valence-electron chi connectivity index (χ1n) is 21.9. The number of rotatable bonds is 7. The van der Waals surface area contributed by atoms with Gasteiger partial charge in [-0.25, -0.2) is 0 Å². The van der Waals surface area contributed by atoms with Crippen LogP contribution in [0.2, 0.25) is 0 Å². The van der Waals surface area contributed by atoms with Crippen molar-refractivity contribution in [3.63, 3.8) is 0 Å². The lowest BCUT2D eigenvalue weighted by molar-refractivity contribution is 0.669. The van der Waals surface area contributed by atoms with E-state index in [1.165, 1.54) is 64.7 Å². The zero-order chi connectivity index (χ0) is 42.2. The van der Waals surface area contributed by atoms with Gasteiger partial charge in [-0.15, -0.1) is 11.3 Å². The van der Waals surface area contributed by atoms with Gasteiger partial charge in [0.25, 0.3) is 0 Å². The first-order chi connectivity index (χ1) is 31.8. The Kier molecular flexibility index (Phi) is 8.34. The average Bonchev–Trinajstić information content (AvgIpc) is 4.04. The van der Waals surface area contributed by atoms with Gasteiger partial charge in [0.1, 0.15) is 11.2 Å². The number of thiophene rings is 1. The molecule has 0 N–H and O–H groups in total. The van der Waals surface area contributed by atoms with Crippen molar-refractivity contribution < 1.29 is 4.42 Å². The highest BCUT2D eigenvalue weighted by Gasteiger charge is 2.47. The maximum atomic E-state index is 6.32. The summed E-state index contributed by atoms with van der Waals surface area (Å²) >= 11 is 1.88. The Morgan fingerprint density at radius 1 is 0.375 bits per heavy atom. The number of benzene rings is 10. The van der Waals surface area contributed by atoms with Gasteiger partial charge in [0.15, 0.2) is 0 Å². The maximum absolute atomic E-state index is 6.32. The van der Waals surface area contributed by atoms with E-state index in [9.17, 15) is 0 Å². The van der Waals surface area contributed by atoms with Crippen LogP contribution in [0.4, 0.5) is 17.1 Å². The molecule has 0 amide bonds. The first kappa shape index (κ1) is 36.7. The summed E-state index contributed by atoms with van der Waals surface area (Å²) in [5.74, 6) is 0. The summed E-state index contributed by atoms with van der Waals surface area (Å²) in [6.45, 7) is 0. The number of hydrogen-bond donors (Lipinski definition) is 0. The Morgan fingerprint density at radius 2 is 0.906 bits per heavy atom. The number of anilines is 3. The van der Waals surface area contributed by atoms with Crippen molar-refractivity contribution in [3.05, 3.63) is 259 Å². The molecule has 0 unspecified atom stereocenters. The molecule has 12 aromatic rings. The molecule has 3 heteroatoms. The van der Waals surface area contributed by atoms with Gasteiger partial charge in [0.2, 0.25) is 0 Å². The van der Waals surface area contributed by atoms with E-state index >= 15 is 0 Å². The Hall–Kier alpha value is -7.98. The van der Waals surface area contributed by atoms with Gasteiger partial charge >= 0.3 is 0 Å². The maximum Gasteiger partial charge on any atom is 0.136 e. The van der Waals surface area contributed by atoms with E-state index < -0.39 is 5.41 Å². The van der Waals surface area contributed by atoms with Gasteiger partial charge < -0.3 is 9.32 Å². The van der Waals surface area contributed by atoms with Crippen LogP contribution in [0, 0.1) is 0 Å². The fourth-order valence-electron chi connectivity index (χ4n) is 10.7. The van der Waals surface area contributed by atoms with Crippen molar-refractivity contribution in [1.29, 1.82) is 0 Å². The molecule has 64 heavy (non-hydrogen) atoms. The van der Waals surface area contributed by atoms with Crippen LogP contribution in [-0.2, 0) is 5.41 Å². The highest BCUT2D eigenvalue weighted by atomic mass is 32.1. The molecule has 1 aliphatic carbocycles. The predicted octanol–water partition coefficient (Wildman–Crippen LogP) is 17.1. The Morgan fingerprint density at radius 3 is 1.66 bits per heavy atom. The van der Waals surface area contributed by atoms with Gasteiger partial charge in [-0.05, 0) is 98.6 Å². The van der Waals surface area contributed by atoms with Gasteiger partial charge in [-0.1, -0.05) is 188 Å². The molecule has 0 saturated carbocycles. The number of furan rings is 1. The fraction of sp³-hybridized carbons (Fsp3) is 0.0164. The summed E-state index contributed by atoms with van der Waals surface area (Å²) in [5.41, 5.74) is 16.9. The Balaban J connectivity index is 1.02. The minimum Gasteiger partial charge on any atom is -0.456 e. The highest BCUT2D eigenvalue weighted by Crippen LogP contribution is 2.59. The lowest BCUT2D eigenvalue weighted by atomic mass is 9.68. The molecule has 2 aromatic heterocycles. The minimum absolute atomic E-state index is 0.515. The number of para-hydroxylation sites is 1. The van der Waals surface area contributed by atoms with Crippen molar-refractivity contribution in [2.45, 2.75) is 5.41 Å². The third-order valence-corrected chi connectivity index (χ3v) is 14.6. The van der Waals surface area contributed by atoms with E-state index in [0.29, 0.717) is 0 Å². The SMILES string of the molecule is c1ccc(C2(c3ccccc3)c3ccccc3-c3c(N(c4ccc(-c5cccc6c5sc5ccccc56)cc4)c4ccc(-c5cccc6oc7ccccc7c56)cc4)cccc32)cc1. The van der Waals surface area contributed by atoms with Crippen molar-refractivity contribution in [3.8, 4) is 33.4 Å². The molecule has 0 fully saturated rings. The van der Waals surface area contributed by atoms with E-state index in [1.807, 2.05) is 17.4 Å². The molecular formula is C61H39NOS. The third kappa shape index (κ3) is 5.44. The predicted molar refractivity (Wildman–Crippen MR) is 269 cm³/mol. The lowest BCUT2D eigenvalue weighted by Crippen LogP contribution is -2.28. The van der Waals surface area contributed by atoms with Crippen LogP contribution in [0.5, 0.6) is 0 Å². The van der Waals surface area contributed by atoms with E-state index in [4.69, 9.17) is 4.42 Å². The quantitative estimate of drug-likeness (QED) is 0.159. The van der Waals surface area contributed by atoms with Crippen molar-refractivity contribution in [1.82, 2.24) is 0 Å². The van der Waals surface area contributed by atoms with Crippen molar-refractivity contribution in [2.24, 2.45) is 0 Å². The van der Waals surface area contributed by atoms with Crippen LogP contribution in [0.15, 0.2) is 241 Å². The van der Waals surface area contributed by atoms with E-state index in [0.717, 1.165) is 50.1 Å². The molecule has 300 valence electrons. The minimum atomic E-state index is -0.515. The summed E-state index contributed by atoms with van der Waals surface area (Å²) in [4.78, 5) is 2.46. The van der Waals surface area contributed by atoms with E-state index in [1.54, 1.807) is 0 Å². The van der Waals surface area contributed by atoms with Crippen LogP contribution < -0.4 is 4.90 Å². The molecule has 0 atom stereocenters. The third-order valence-electron chi connectivity index (χ3n) is 13.4. The van der Waals surface area contributed by atoms with Crippen LogP contribution in [-0.4, -0.2) is 0 Å². The molecule has 13 rings (SSSR count). The summed E-state index contributed by atoms with van der Waals surface area (Å²) in [6.07, 6.45) is 0. The Bertz CT molecular complexity index is 3670. The number of nitrogens with zero attached hydrogens (tertiary/aromatic N) is 1. The molecule has 0 radical (unpaired) electrons. The van der Waals surface area contributed by atoms with Gasteiger partial charge in [0, 0.05) is 47.9 Å². The zero-order valence-corrected chi connectivity index (χ0v) is 35.6. The molecular weight excluding hydrogens is 795 g/mol. The molecule has 10 aromatic carbocycles. The smallest absolute Gasteiger partial charge is 0.136 e. The van der Waals surface area contributed by atoms with Crippen LogP contribution in [0.25, 0.3) is 75.5 Å². The second-order valence-corrected chi connectivity index (χ2v) is 17.8. The van der Waals surface area contributed by atoms with Crippen molar-refractivity contribution >= 4 is 70.5 Å². The van der Waals surface area contributed by atoms with Gasteiger partial charge in [-0.2, -0.15) is 0 Å². The van der Waals surface area contributed by atoms with Gasteiger partial charge in [0.05, 0.1) is 11.1 Å². The fourth-order valence-corrected chi connectivity index (χ4v) is 11.9. The largest absolute Gasteiger partial charge is 0.456 e. The van der Waals surface area contributed by atoms with Crippen LogP contribution in [0.3, 0.4) is 0 Å². The molecule has 2 heterocycles. The van der Waals surface area contributed by atoms with Gasteiger partial charge in [-0.3, -0.25) is 0 Å². The topological polar surface area (TPSA) is 16.4 Å². The standard InChI is InChI=1S/C61H39NOS/c1-3-16-42(17-4-1)61(43-18-5-2-6-19-43)52-26-10-7-21-50(52)59-53(61)27-15-28-54(59)62(44-36-32-40(33-37-44)46-23-14-30-56-58(46)51-22-8-11-29-55(51)63-56)45-38-34-41(35-39-45)47-24-13-25-49-48-20-9-12-31-57(48)64-60(47)49/h1-39H. The summed E-state index contributed by atoms with van der Waals surface area (Å²) in [5, 5.41) is 4.89. The average molecular weight is 834 g/mol. The van der Waals surface area contributed by atoms with E-state index in [2.05, 4.69) is 235 Å². The highest BCUT2D eigenvalue weighted by molar-refractivity contribution is 7.26. The summed E-state index contributed by atoms with van der Waals surface area (Å²) < 4.78 is 8.95. The van der Waals surface area contributed by atoms with Crippen molar-refractivity contribution in [2.75, 3.05) is 4.90 Å². The normalized spacial score (nSPS) is 12.8. The second kappa shape index (κ2) is 14.6. The second-order valence-electron chi connectivity index (χ2n) is 16.7. The molecule has 0 aliphatic heterocycles. The number of fused-ring (bicyclic) bond motifs is 9. The van der Waals surface area contributed by atoms with Crippen LogP contribution in [0.1, 0.15) is 22.3 Å². The molecule has 0 bridgehead atoms. The summed E-state index contributed by atoms with van der Waals surface area (Å²) in [6, 6.07) is 86.5. The monoisotopic (exact) mass is 833 g/mol. The lowest BCUT2D eigenvalue weighted by Gasteiger charge is -2.34.